The third-order valence-electron chi connectivity index (χ3n) is 13.4. The number of piperidine rings is 2. The number of carbonyl (C=O) groups excluding carboxylic acids is 1. The number of H-pyrrole nitrogens is 2. The normalized spacial score (nSPS) is 16.8. The van der Waals surface area contributed by atoms with Gasteiger partial charge in [-0.25, -0.2) is 9.59 Å². The Bertz CT molecular complexity index is 2970. The number of hydrogen-bond donors (Lipinski definition) is 5. The van der Waals surface area contributed by atoms with Gasteiger partial charge in [-0.3, -0.25) is 19.4 Å². The SMILES string of the molecule is CCc1c(-c2ccc3c(c2)cc(CN2CCCCC2C(F)(F)F)n3C)[nH]c(=O)c(C(=O)Oc2c(CC)c(-c3ccc4c(c3)cc(CN3CCC[C@H](NC)C3)n4C)[nH]c(=O)c2C(=O)O)c1O.Cl.Cl.Cl. The second-order valence-electron chi connectivity index (χ2n) is 17.3. The summed E-state index contributed by atoms with van der Waals surface area (Å²) in [6.45, 7) is 6.51. The molecular weight excluding hydrogens is 950 g/mol. The number of pyridine rings is 2. The summed E-state index contributed by atoms with van der Waals surface area (Å²) in [6, 6.07) is 13.6. The van der Waals surface area contributed by atoms with Crippen molar-refractivity contribution in [2.75, 3.05) is 26.7 Å². The molecule has 14 nitrogen and oxygen atoms in total. The van der Waals surface area contributed by atoms with Gasteiger partial charge in [0.15, 0.2) is 16.9 Å². The van der Waals surface area contributed by atoms with Crippen LogP contribution < -0.4 is 21.2 Å². The minimum absolute atomic E-state index is 0. The third-order valence-corrected chi connectivity index (χ3v) is 13.4. The van der Waals surface area contributed by atoms with Crippen LogP contribution in [0.1, 0.15) is 89.2 Å². The number of carbonyl (C=O) groups is 2. The van der Waals surface area contributed by atoms with Crippen LogP contribution in [0.25, 0.3) is 44.3 Å². The third kappa shape index (κ3) is 10.2. The van der Waals surface area contributed by atoms with Gasteiger partial charge in [0.05, 0.1) is 11.4 Å². The highest BCUT2D eigenvalue weighted by atomic mass is 35.5. The van der Waals surface area contributed by atoms with Crippen molar-refractivity contribution >= 4 is 71.0 Å². The van der Waals surface area contributed by atoms with E-state index in [-0.39, 0.29) is 85.5 Å². The average molecular weight is 1010 g/mol. The molecule has 2 aliphatic heterocycles. The summed E-state index contributed by atoms with van der Waals surface area (Å²) >= 11 is 0. The van der Waals surface area contributed by atoms with Crippen LogP contribution in [-0.4, -0.2) is 96.0 Å². The molecule has 0 saturated carbocycles. The number of hydrogen-bond acceptors (Lipinski definition) is 9. The van der Waals surface area contributed by atoms with Gasteiger partial charge in [0.25, 0.3) is 11.1 Å². The molecule has 2 aromatic carbocycles. The number of esters is 1. The van der Waals surface area contributed by atoms with Gasteiger partial charge in [-0.15, -0.1) is 37.2 Å². The highest BCUT2D eigenvalue weighted by Crippen LogP contribution is 2.38. The number of carboxylic acid groups (broad SMARTS) is 1. The van der Waals surface area contributed by atoms with Crippen molar-refractivity contribution in [3.05, 3.63) is 103 Å². The predicted octanol–water partition coefficient (Wildman–Crippen LogP) is 8.49. The van der Waals surface area contributed by atoms with Crippen molar-refractivity contribution in [1.82, 2.24) is 34.2 Å². The molecule has 68 heavy (non-hydrogen) atoms. The van der Waals surface area contributed by atoms with Crippen molar-refractivity contribution in [2.24, 2.45) is 14.1 Å². The quantitative estimate of drug-likeness (QED) is 0.0748. The number of fused-ring (bicyclic) bond motifs is 2. The summed E-state index contributed by atoms with van der Waals surface area (Å²) in [7, 11) is 5.76. The molecule has 4 aromatic heterocycles. The van der Waals surface area contributed by atoms with E-state index in [1.165, 1.54) is 4.90 Å². The number of nitrogens with one attached hydrogen (secondary N) is 3. The Morgan fingerprint density at radius 2 is 1.34 bits per heavy atom. The lowest BCUT2D eigenvalue weighted by Crippen LogP contribution is -2.48. The molecule has 2 atom stereocenters. The Labute approximate surface area is 409 Å². The fraction of sp³-hybridized carbons (Fsp3) is 0.417. The number of aryl methyl sites for hydroxylation is 2. The number of likely N-dealkylation sites (N-methyl/N-ethyl adjacent to an activating group) is 1. The van der Waals surface area contributed by atoms with E-state index in [4.69, 9.17) is 4.74 Å². The molecule has 2 aliphatic rings. The molecule has 0 amide bonds. The van der Waals surface area contributed by atoms with Gasteiger partial charge in [-0.2, -0.15) is 13.2 Å². The zero-order valence-electron chi connectivity index (χ0n) is 38.3. The first-order valence-corrected chi connectivity index (χ1v) is 22.1. The van der Waals surface area contributed by atoms with E-state index in [1.54, 1.807) is 45.2 Å². The van der Waals surface area contributed by atoms with Crippen LogP contribution in [0, 0.1) is 0 Å². The van der Waals surface area contributed by atoms with E-state index in [2.05, 4.69) is 30.8 Å². The first-order chi connectivity index (χ1) is 31.0. The summed E-state index contributed by atoms with van der Waals surface area (Å²) in [5.41, 5.74) is 1.67. The molecule has 5 N–H and O–H groups in total. The van der Waals surface area contributed by atoms with Crippen molar-refractivity contribution in [3.8, 4) is 34.0 Å². The lowest BCUT2D eigenvalue weighted by molar-refractivity contribution is -0.192. The van der Waals surface area contributed by atoms with Gasteiger partial charge >= 0.3 is 18.1 Å². The Morgan fingerprint density at radius 1 is 0.779 bits per heavy atom. The maximum atomic E-state index is 14.1. The van der Waals surface area contributed by atoms with Crippen LogP contribution >= 0.6 is 37.2 Å². The molecule has 0 bridgehead atoms. The minimum Gasteiger partial charge on any atom is -0.506 e. The number of ether oxygens (including phenoxy) is 1. The lowest BCUT2D eigenvalue weighted by atomic mass is 9.99. The summed E-state index contributed by atoms with van der Waals surface area (Å²) < 4.78 is 51.4. The van der Waals surface area contributed by atoms with E-state index < -0.39 is 57.9 Å². The van der Waals surface area contributed by atoms with Gasteiger partial charge in [0, 0.05) is 84.1 Å². The number of rotatable bonds is 12. The molecule has 0 radical (unpaired) electrons. The summed E-state index contributed by atoms with van der Waals surface area (Å²) in [6.07, 6.45) is -0.629. The Morgan fingerprint density at radius 3 is 1.88 bits per heavy atom. The first-order valence-electron chi connectivity index (χ1n) is 22.1. The van der Waals surface area contributed by atoms with Crippen LogP contribution in [0.3, 0.4) is 0 Å². The predicted molar refractivity (Wildman–Crippen MR) is 263 cm³/mol. The Balaban J connectivity index is 0.00000288. The number of nitrogens with zero attached hydrogens (tertiary/aromatic N) is 4. The molecule has 1 unspecified atom stereocenters. The fourth-order valence-electron chi connectivity index (χ4n) is 9.91. The Hall–Kier alpha value is -5.30. The van der Waals surface area contributed by atoms with Gasteiger partial charge in [0.1, 0.15) is 11.8 Å². The molecule has 8 rings (SSSR count). The summed E-state index contributed by atoms with van der Waals surface area (Å²) in [5.74, 6) is -4.24. The number of alkyl halides is 3. The fourth-order valence-corrected chi connectivity index (χ4v) is 9.91. The van der Waals surface area contributed by atoms with E-state index in [1.807, 2.05) is 36.9 Å². The van der Waals surface area contributed by atoms with Crippen LogP contribution in [0.15, 0.2) is 58.1 Å². The average Bonchev–Trinajstić information content (AvgIpc) is 3.75. The molecule has 6 heterocycles. The van der Waals surface area contributed by atoms with Crippen LogP contribution in [0.5, 0.6) is 11.5 Å². The number of carboxylic acids is 1. The lowest BCUT2D eigenvalue weighted by Gasteiger charge is -2.36. The highest BCUT2D eigenvalue weighted by Gasteiger charge is 2.44. The second-order valence-corrected chi connectivity index (χ2v) is 17.3. The molecule has 6 aromatic rings. The smallest absolute Gasteiger partial charge is 0.404 e. The number of aromatic nitrogens is 4. The number of aromatic hydroxyl groups is 1. The number of halogens is 6. The van der Waals surface area contributed by atoms with Gasteiger partial charge in [-0.1, -0.05) is 32.4 Å². The van der Waals surface area contributed by atoms with Gasteiger partial charge in [0.2, 0.25) is 0 Å². The molecule has 0 spiro atoms. The van der Waals surface area contributed by atoms with Crippen molar-refractivity contribution in [3.63, 3.8) is 0 Å². The van der Waals surface area contributed by atoms with Crippen LogP contribution in [0.4, 0.5) is 13.2 Å². The summed E-state index contributed by atoms with van der Waals surface area (Å²) in [4.78, 5) is 63.3. The van der Waals surface area contributed by atoms with E-state index in [0.29, 0.717) is 47.6 Å². The highest BCUT2D eigenvalue weighted by molar-refractivity contribution is 5.99. The first kappa shape index (κ1) is 53.7. The molecule has 2 fully saturated rings. The number of aromatic carboxylic acids is 1. The number of benzene rings is 2. The van der Waals surface area contributed by atoms with Crippen molar-refractivity contribution < 1.29 is 37.7 Å². The molecule has 0 aliphatic carbocycles. The largest absolute Gasteiger partial charge is 0.506 e. The van der Waals surface area contributed by atoms with Crippen LogP contribution in [0.2, 0.25) is 0 Å². The number of likely N-dealkylation sites (tertiary alicyclic amines) is 2. The monoisotopic (exact) mass is 1010 g/mol. The van der Waals surface area contributed by atoms with E-state index in [9.17, 15) is 42.6 Å². The van der Waals surface area contributed by atoms with Crippen molar-refractivity contribution in [2.45, 2.75) is 90.1 Å². The van der Waals surface area contributed by atoms with Gasteiger partial charge in [-0.05, 0) is 106 Å². The van der Waals surface area contributed by atoms with E-state index in [0.717, 1.165) is 54.6 Å². The zero-order valence-corrected chi connectivity index (χ0v) is 40.8. The molecule has 2 saturated heterocycles. The minimum atomic E-state index is -4.34. The van der Waals surface area contributed by atoms with Crippen LogP contribution in [-0.2, 0) is 40.0 Å². The second kappa shape index (κ2) is 21.6. The summed E-state index contributed by atoms with van der Waals surface area (Å²) in [5, 5.41) is 26.8. The Kier molecular flexibility index (Phi) is 17.0. The number of aromatic amines is 2. The maximum Gasteiger partial charge on any atom is 0.404 e. The zero-order chi connectivity index (χ0) is 46.5. The maximum absolute atomic E-state index is 14.1. The van der Waals surface area contributed by atoms with Crippen molar-refractivity contribution in [1.29, 1.82) is 0 Å². The van der Waals surface area contributed by atoms with Gasteiger partial charge < -0.3 is 39.4 Å². The standard InChI is InChI=1S/C48H54F3N7O7.3ClH/c1-6-33-40(26-13-15-36-29(19-26)22-32(56(36)5)25-58-18-9-8-12-37(58)48(49,50)51)53-44(60)38(42(33)59)47(64)65-43-34(7-2)41(54-45(61)39(43)46(62)63)27-14-16-35-28(20-27)21-31(55(35)4)24-57-17-10-11-30(23-57)52-3;;;/h13-16,19-22,30,37,52H,6-12,17-18,23-25H2,1-5H3,(H,54,61)(H,62,63)(H2,53,59,60);3*1H/t30-,37?;;;/m0.../s1. The molecule has 20 heteroatoms. The topological polar surface area (TPSA) is 178 Å². The molecule has 368 valence electrons. The van der Waals surface area contributed by atoms with E-state index >= 15 is 0 Å². The molecular formula is C48H57Cl3F3N7O7.